The van der Waals surface area contributed by atoms with Crippen LogP contribution in [-0.2, 0) is 10.1 Å². The number of carbonyl (C=O) groups excluding carboxylic acids is 2. The summed E-state index contributed by atoms with van der Waals surface area (Å²) in [6.45, 7) is 0. The molecule has 1 saturated carbocycles. The molecule has 1 aliphatic carbocycles. The molecule has 0 atom stereocenters. The first-order valence-electron chi connectivity index (χ1n) is 6.85. The largest absolute Gasteiger partial charge is 0.369 e. The second kappa shape index (κ2) is 6.88. The standard InChI is InChI=1S/C15H19BrN2O2/c16-9-10-1-3-12(4-2-10)15(20)18-13-7-5-11(6-8-13)14(17)19/h1-4,11,13H,5-9H2,(H2,17,19)(H,18,20). The zero-order valence-corrected chi connectivity index (χ0v) is 12.9. The molecule has 3 N–H and O–H groups in total. The summed E-state index contributed by atoms with van der Waals surface area (Å²) in [5.74, 6) is -0.296. The Hall–Kier alpha value is -1.36. The van der Waals surface area contributed by atoms with E-state index >= 15 is 0 Å². The molecular formula is C15H19BrN2O2. The van der Waals surface area contributed by atoms with Gasteiger partial charge in [0.05, 0.1) is 0 Å². The van der Waals surface area contributed by atoms with Crippen molar-refractivity contribution in [3.8, 4) is 0 Å². The third-order valence-electron chi connectivity index (χ3n) is 3.84. The van der Waals surface area contributed by atoms with Crippen molar-refractivity contribution in [2.75, 3.05) is 0 Å². The molecule has 2 rings (SSSR count). The molecule has 1 aromatic carbocycles. The maximum atomic E-state index is 12.1. The number of benzene rings is 1. The van der Waals surface area contributed by atoms with E-state index in [4.69, 9.17) is 5.73 Å². The molecule has 0 aliphatic heterocycles. The number of hydrogen-bond donors (Lipinski definition) is 2. The first-order chi connectivity index (χ1) is 9.60. The second-order valence-corrected chi connectivity index (χ2v) is 5.82. The average molecular weight is 339 g/mol. The lowest BCUT2D eigenvalue weighted by Crippen LogP contribution is -2.39. The molecule has 20 heavy (non-hydrogen) atoms. The van der Waals surface area contributed by atoms with Gasteiger partial charge in [-0.15, -0.1) is 0 Å². The summed E-state index contributed by atoms with van der Waals surface area (Å²) < 4.78 is 0. The Bertz CT molecular complexity index is 479. The van der Waals surface area contributed by atoms with Crippen LogP contribution in [-0.4, -0.2) is 17.9 Å². The molecule has 0 radical (unpaired) electrons. The van der Waals surface area contributed by atoms with Gasteiger partial charge in [0.15, 0.2) is 0 Å². The third-order valence-corrected chi connectivity index (χ3v) is 4.48. The maximum absolute atomic E-state index is 12.1. The van der Waals surface area contributed by atoms with Crippen LogP contribution in [0, 0.1) is 5.92 Å². The zero-order chi connectivity index (χ0) is 14.5. The Labute approximate surface area is 127 Å². The highest BCUT2D eigenvalue weighted by Crippen LogP contribution is 2.24. The van der Waals surface area contributed by atoms with E-state index in [0.717, 1.165) is 36.6 Å². The van der Waals surface area contributed by atoms with E-state index in [1.807, 2.05) is 24.3 Å². The Morgan fingerprint density at radius 1 is 1.15 bits per heavy atom. The summed E-state index contributed by atoms with van der Waals surface area (Å²) >= 11 is 3.38. The molecule has 0 spiro atoms. The topological polar surface area (TPSA) is 72.2 Å². The average Bonchev–Trinajstić information content (AvgIpc) is 2.48. The van der Waals surface area contributed by atoms with Gasteiger partial charge in [-0.1, -0.05) is 28.1 Å². The van der Waals surface area contributed by atoms with Gasteiger partial charge in [-0.25, -0.2) is 0 Å². The summed E-state index contributed by atoms with van der Waals surface area (Å²) in [6, 6.07) is 7.69. The third kappa shape index (κ3) is 3.82. The fraction of sp³-hybridized carbons (Fsp3) is 0.467. The van der Waals surface area contributed by atoms with Gasteiger partial charge in [0.25, 0.3) is 5.91 Å². The number of hydrogen-bond acceptors (Lipinski definition) is 2. The quantitative estimate of drug-likeness (QED) is 0.827. The zero-order valence-electron chi connectivity index (χ0n) is 11.3. The van der Waals surface area contributed by atoms with Crippen LogP contribution in [0.3, 0.4) is 0 Å². The Morgan fingerprint density at radius 2 is 1.75 bits per heavy atom. The van der Waals surface area contributed by atoms with E-state index in [9.17, 15) is 9.59 Å². The molecule has 5 heteroatoms. The van der Waals surface area contributed by atoms with Gasteiger partial charge >= 0.3 is 0 Å². The van der Waals surface area contributed by atoms with Crippen LogP contribution in [0.1, 0.15) is 41.6 Å². The highest BCUT2D eigenvalue weighted by Gasteiger charge is 2.25. The lowest BCUT2D eigenvalue weighted by atomic mass is 9.85. The normalized spacial score (nSPS) is 22.2. The van der Waals surface area contributed by atoms with Crippen molar-refractivity contribution >= 4 is 27.7 Å². The molecule has 1 fully saturated rings. The fourth-order valence-electron chi connectivity index (χ4n) is 2.54. The van der Waals surface area contributed by atoms with Crippen LogP contribution in [0.5, 0.6) is 0 Å². The van der Waals surface area contributed by atoms with Gasteiger partial charge in [-0.05, 0) is 43.4 Å². The Morgan fingerprint density at radius 3 is 2.25 bits per heavy atom. The SMILES string of the molecule is NC(=O)C1CCC(NC(=O)c2ccc(CBr)cc2)CC1. The summed E-state index contributed by atoms with van der Waals surface area (Å²) in [5.41, 5.74) is 7.12. The summed E-state index contributed by atoms with van der Waals surface area (Å²) in [4.78, 5) is 23.2. The Kier molecular flexibility index (Phi) is 5.17. The van der Waals surface area contributed by atoms with E-state index in [0.29, 0.717) is 5.56 Å². The Balaban J connectivity index is 1.87. The van der Waals surface area contributed by atoms with Crippen molar-refractivity contribution in [1.29, 1.82) is 0 Å². The van der Waals surface area contributed by atoms with Crippen molar-refractivity contribution < 1.29 is 9.59 Å². The molecule has 0 bridgehead atoms. The maximum Gasteiger partial charge on any atom is 0.251 e. The lowest BCUT2D eigenvalue weighted by molar-refractivity contribution is -0.122. The molecule has 0 saturated heterocycles. The molecule has 1 aromatic rings. The predicted octanol–water partition coefficient (Wildman–Crippen LogP) is 2.36. The molecule has 0 heterocycles. The highest BCUT2D eigenvalue weighted by atomic mass is 79.9. The molecule has 4 nitrogen and oxygen atoms in total. The highest BCUT2D eigenvalue weighted by molar-refractivity contribution is 9.08. The summed E-state index contributed by atoms with van der Waals surface area (Å²) in [6.07, 6.45) is 3.17. The smallest absolute Gasteiger partial charge is 0.251 e. The van der Waals surface area contributed by atoms with Crippen molar-refractivity contribution in [2.24, 2.45) is 11.7 Å². The van der Waals surface area contributed by atoms with Crippen LogP contribution in [0.2, 0.25) is 0 Å². The molecule has 1 aliphatic rings. The van der Waals surface area contributed by atoms with Crippen LogP contribution in [0.25, 0.3) is 0 Å². The molecular weight excluding hydrogens is 320 g/mol. The number of nitrogens with one attached hydrogen (secondary N) is 1. The first kappa shape index (κ1) is 15.0. The monoisotopic (exact) mass is 338 g/mol. The van der Waals surface area contributed by atoms with Crippen molar-refractivity contribution in [3.63, 3.8) is 0 Å². The van der Waals surface area contributed by atoms with Gasteiger partial charge in [0.1, 0.15) is 0 Å². The van der Waals surface area contributed by atoms with E-state index in [1.165, 1.54) is 0 Å². The van der Waals surface area contributed by atoms with Crippen molar-refractivity contribution in [2.45, 2.75) is 37.1 Å². The van der Waals surface area contributed by atoms with E-state index in [2.05, 4.69) is 21.2 Å². The van der Waals surface area contributed by atoms with Gasteiger partial charge in [0.2, 0.25) is 5.91 Å². The van der Waals surface area contributed by atoms with Gasteiger partial charge in [-0.2, -0.15) is 0 Å². The number of halogens is 1. The van der Waals surface area contributed by atoms with Gasteiger partial charge in [0, 0.05) is 22.9 Å². The predicted molar refractivity (Wildman–Crippen MR) is 81.5 cm³/mol. The van der Waals surface area contributed by atoms with Crippen LogP contribution in [0.4, 0.5) is 0 Å². The molecule has 2 amide bonds. The van der Waals surface area contributed by atoms with E-state index in [1.54, 1.807) is 0 Å². The number of nitrogens with two attached hydrogens (primary N) is 1. The second-order valence-electron chi connectivity index (χ2n) is 5.25. The van der Waals surface area contributed by atoms with Gasteiger partial charge < -0.3 is 11.1 Å². The number of amides is 2. The summed E-state index contributed by atoms with van der Waals surface area (Å²) in [7, 11) is 0. The minimum Gasteiger partial charge on any atom is -0.369 e. The summed E-state index contributed by atoms with van der Waals surface area (Å²) in [5, 5.41) is 3.81. The van der Waals surface area contributed by atoms with E-state index in [-0.39, 0.29) is 23.8 Å². The van der Waals surface area contributed by atoms with Crippen LogP contribution < -0.4 is 11.1 Å². The molecule has 108 valence electrons. The van der Waals surface area contributed by atoms with Crippen molar-refractivity contribution in [1.82, 2.24) is 5.32 Å². The number of carbonyl (C=O) groups is 2. The first-order valence-corrected chi connectivity index (χ1v) is 7.97. The minimum absolute atomic E-state index is 0.0265. The minimum atomic E-state index is -0.222. The van der Waals surface area contributed by atoms with E-state index < -0.39 is 0 Å². The lowest BCUT2D eigenvalue weighted by Gasteiger charge is -2.27. The van der Waals surface area contributed by atoms with Crippen LogP contribution >= 0.6 is 15.9 Å². The van der Waals surface area contributed by atoms with Crippen molar-refractivity contribution in [3.05, 3.63) is 35.4 Å². The van der Waals surface area contributed by atoms with Crippen LogP contribution in [0.15, 0.2) is 24.3 Å². The number of rotatable bonds is 4. The number of alkyl halides is 1. The fourth-order valence-corrected chi connectivity index (χ4v) is 2.91. The molecule has 0 unspecified atom stereocenters. The number of primary amides is 1. The molecule has 0 aromatic heterocycles. The van der Waals surface area contributed by atoms with Gasteiger partial charge in [-0.3, -0.25) is 9.59 Å².